The molecule has 0 aliphatic carbocycles. The van der Waals surface area contributed by atoms with Gasteiger partial charge in [-0.2, -0.15) is 18.3 Å². The largest absolute Gasteiger partial charge is 0.433 e. The number of hydrogen-bond donors (Lipinski definition) is 0. The molecule has 28 heavy (non-hydrogen) atoms. The molecule has 0 N–H and O–H groups in total. The van der Waals surface area contributed by atoms with Crippen LogP contribution in [-0.2, 0) is 6.18 Å². The van der Waals surface area contributed by atoms with Crippen molar-refractivity contribution in [1.29, 1.82) is 0 Å². The molecule has 2 heterocycles. The molecule has 0 saturated heterocycles. The average molecular weight is 443 g/mol. The molecule has 0 fully saturated rings. The lowest BCUT2D eigenvalue weighted by Crippen LogP contribution is -2.13. The fourth-order valence-electron chi connectivity index (χ4n) is 2.74. The molecule has 2 aromatic carbocycles. The van der Waals surface area contributed by atoms with Crippen molar-refractivity contribution in [1.82, 2.24) is 14.6 Å². The highest BCUT2D eigenvalue weighted by Crippen LogP contribution is 2.35. The van der Waals surface area contributed by atoms with E-state index >= 15 is 0 Å². The van der Waals surface area contributed by atoms with E-state index in [9.17, 15) is 13.2 Å². The molecular weight excluding hydrogens is 434 g/mol. The highest BCUT2D eigenvalue weighted by molar-refractivity contribution is 6.42. The van der Waals surface area contributed by atoms with Crippen molar-refractivity contribution in [2.45, 2.75) is 6.18 Å². The normalized spacial score (nSPS) is 11.9. The smallest absolute Gasteiger partial charge is 0.228 e. The van der Waals surface area contributed by atoms with E-state index in [0.717, 1.165) is 10.6 Å². The summed E-state index contributed by atoms with van der Waals surface area (Å²) in [5.74, 6) is 0. The Bertz CT molecular complexity index is 1180. The summed E-state index contributed by atoms with van der Waals surface area (Å²) in [6.07, 6.45) is -4.63. The molecular formula is C19H9Cl3F3N3. The van der Waals surface area contributed by atoms with Crippen LogP contribution in [-0.4, -0.2) is 14.6 Å². The molecule has 142 valence electrons. The van der Waals surface area contributed by atoms with E-state index in [1.807, 2.05) is 0 Å². The van der Waals surface area contributed by atoms with Gasteiger partial charge in [-0.1, -0.05) is 53.0 Å². The van der Waals surface area contributed by atoms with E-state index < -0.39 is 11.9 Å². The first-order valence-electron chi connectivity index (χ1n) is 7.92. The quantitative estimate of drug-likeness (QED) is 0.333. The first-order chi connectivity index (χ1) is 13.2. The second kappa shape index (κ2) is 6.95. The van der Waals surface area contributed by atoms with Crippen LogP contribution < -0.4 is 0 Å². The van der Waals surface area contributed by atoms with Gasteiger partial charge in [0.25, 0.3) is 0 Å². The van der Waals surface area contributed by atoms with Gasteiger partial charge in [-0.15, -0.1) is 0 Å². The van der Waals surface area contributed by atoms with E-state index in [-0.39, 0.29) is 16.4 Å². The van der Waals surface area contributed by atoms with Crippen LogP contribution >= 0.6 is 34.8 Å². The van der Waals surface area contributed by atoms with Crippen LogP contribution in [0.25, 0.3) is 28.2 Å². The Kier molecular flexibility index (Phi) is 4.73. The lowest BCUT2D eigenvalue weighted by molar-refractivity contribution is -0.142. The Balaban J connectivity index is 1.93. The molecule has 4 rings (SSSR count). The minimum Gasteiger partial charge on any atom is -0.228 e. The van der Waals surface area contributed by atoms with Gasteiger partial charge < -0.3 is 0 Å². The Morgan fingerprint density at radius 2 is 1.43 bits per heavy atom. The van der Waals surface area contributed by atoms with Crippen molar-refractivity contribution in [3.05, 3.63) is 75.4 Å². The molecule has 0 unspecified atom stereocenters. The van der Waals surface area contributed by atoms with E-state index in [0.29, 0.717) is 26.9 Å². The lowest BCUT2D eigenvalue weighted by atomic mass is 10.1. The van der Waals surface area contributed by atoms with Gasteiger partial charge in [0.15, 0.2) is 11.3 Å². The van der Waals surface area contributed by atoms with Crippen LogP contribution in [0.2, 0.25) is 15.1 Å². The minimum atomic E-state index is -4.63. The maximum atomic E-state index is 13.7. The van der Waals surface area contributed by atoms with Gasteiger partial charge in [-0.3, -0.25) is 0 Å². The first kappa shape index (κ1) is 19.1. The molecule has 0 atom stereocenters. The molecule has 0 aliphatic heterocycles. The number of aromatic nitrogens is 3. The molecule has 0 saturated carbocycles. The van der Waals surface area contributed by atoms with E-state index in [2.05, 4.69) is 10.1 Å². The molecule has 0 radical (unpaired) electrons. The standard InChI is InChI=1S/C19H9Cl3F3N3/c20-12-4-1-10(2-5-12)16-9-18-26-15(11-3-6-13(21)14(22)7-11)8-17(19(23,24)25)28(18)27-16/h1-9H. The Morgan fingerprint density at radius 1 is 0.750 bits per heavy atom. The third kappa shape index (κ3) is 3.55. The first-order valence-corrected chi connectivity index (χ1v) is 9.05. The number of hydrogen-bond acceptors (Lipinski definition) is 2. The summed E-state index contributed by atoms with van der Waals surface area (Å²) in [7, 11) is 0. The van der Waals surface area contributed by atoms with Gasteiger partial charge in [-0.25, -0.2) is 9.50 Å². The van der Waals surface area contributed by atoms with Crippen molar-refractivity contribution in [3.8, 4) is 22.5 Å². The van der Waals surface area contributed by atoms with Crippen LogP contribution in [0.15, 0.2) is 54.6 Å². The Labute approximate surface area is 172 Å². The second-order valence-corrected chi connectivity index (χ2v) is 7.21. The van der Waals surface area contributed by atoms with Crippen LogP contribution in [0.4, 0.5) is 13.2 Å². The molecule has 0 amide bonds. The molecule has 3 nitrogen and oxygen atoms in total. The SMILES string of the molecule is FC(F)(F)c1cc(-c2ccc(Cl)c(Cl)c2)nc2cc(-c3ccc(Cl)cc3)nn12. The molecule has 2 aromatic heterocycles. The van der Waals surface area contributed by atoms with Crippen LogP contribution in [0.3, 0.4) is 0 Å². The molecule has 0 bridgehead atoms. The summed E-state index contributed by atoms with van der Waals surface area (Å²) in [5, 5.41) is 5.14. The molecule has 9 heteroatoms. The highest BCUT2D eigenvalue weighted by Gasteiger charge is 2.35. The topological polar surface area (TPSA) is 30.2 Å². The predicted octanol–water partition coefficient (Wildman–Crippen LogP) is 7.04. The van der Waals surface area contributed by atoms with Gasteiger partial charge in [0, 0.05) is 22.2 Å². The van der Waals surface area contributed by atoms with Gasteiger partial charge in [0.1, 0.15) is 0 Å². The molecule has 4 aromatic rings. The van der Waals surface area contributed by atoms with Crippen molar-refractivity contribution < 1.29 is 13.2 Å². The van der Waals surface area contributed by atoms with Crippen molar-refractivity contribution in [2.75, 3.05) is 0 Å². The van der Waals surface area contributed by atoms with Gasteiger partial charge in [0.05, 0.1) is 21.4 Å². The zero-order valence-corrected chi connectivity index (χ0v) is 16.1. The third-order valence-corrected chi connectivity index (χ3v) is 5.06. The number of halogens is 6. The van der Waals surface area contributed by atoms with E-state index in [4.69, 9.17) is 34.8 Å². The summed E-state index contributed by atoms with van der Waals surface area (Å²) >= 11 is 17.8. The van der Waals surface area contributed by atoms with Crippen molar-refractivity contribution >= 4 is 40.4 Å². The third-order valence-electron chi connectivity index (χ3n) is 4.07. The summed E-state index contributed by atoms with van der Waals surface area (Å²) < 4.78 is 41.8. The van der Waals surface area contributed by atoms with Crippen LogP contribution in [0.1, 0.15) is 5.69 Å². The fourth-order valence-corrected chi connectivity index (χ4v) is 3.17. The summed E-state index contributed by atoms with van der Waals surface area (Å²) in [5.41, 5.74) is 0.609. The monoisotopic (exact) mass is 441 g/mol. The number of benzene rings is 2. The summed E-state index contributed by atoms with van der Waals surface area (Å²) in [6.45, 7) is 0. The zero-order chi connectivity index (χ0) is 20.1. The van der Waals surface area contributed by atoms with E-state index in [1.54, 1.807) is 30.3 Å². The lowest BCUT2D eigenvalue weighted by Gasteiger charge is -2.11. The summed E-state index contributed by atoms with van der Waals surface area (Å²) in [6, 6.07) is 13.6. The number of nitrogens with zero attached hydrogens (tertiary/aromatic N) is 3. The highest BCUT2D eigenvalue weighted by atomic mass is 35.5. The minimum absolute atomic E-state index is 0.0563. The fraction of sp³-hybridized carbons (Fsp3) is 0.0526. The average Bonchev–Trinajstić information content (AvgIpc) is 3.07. The molecule has 0 aliphatic rings. The zero-order valence-electron chi connectivity index (χ0n) is 13.8. The number of fused-ring (bicyclic) bond motifs is 1. The van der Waals surface area contributed by atoms with E-state index in [1.165, 1.54) is 18.2 Å². The maximum Gasteiger partial charge on any atom is 0.433 e. The van der Waals surface area contributed by atoms with Gasteiger partial charge >= 0.3 is 6.18 Å². The number of rotatable bonds is 2. The van der Waals surface area contributed by atoms with Crippen molar-refractivity contribution in [3.63, 3.8) is 0 Å². The van der Waals surface area contributed by atoms with Crippen LogP contribution in [0, 0.1) is 0 Å². The Morgan fingerprint density at radius 3 is 2.07 bits per heavy atom. The van der Waals surface area contributed by atoms with Gasteiger partial charge in [-0.05, 0) is 30.3 Å². The Hall–Kier alpha value is -2.28. The van der Waals surface area contributed by atoms with Crippen LogP contribution in [0.5, 0.6) is 0 Å². The second-order valence-electron chi connectivity index (χ2n) is 5.96. The van der Waals surface area contributed by atoms with Gasteiger partial charge in [0.2, 0.25) is 0 Å². The van der Waals surface area contributed by atoms with Crippen molar-refractivity contribution in [2.24, 2.45) is 0 Å². The maximum absolute atomic E-state index is 13.7. The number of alkyl halides is 3. The summed E-state index contributed by atoms with van der Waals surface area (Å²) in [4.78, 5) is 4.33. The molecule has 0 spiro atoms. The predicted molar refractivity (Wildman–Crippen MR) is 104 cm³/mol.